The molecule has 0 aromatic rings. The van der Waals surface area contributed by atoms with Gasteiger partial charge in [0.15, 0.2) is 0 Å². The standard InChI is InChI=1S/C12H20N2O3/c13-10-3-1-2-9(5-10)12(17)14-6-8(7-14)4-11(15)16/h8-10H,1-7,13H2,(H,15,16). The number of carboxylic acid groups (broad SMARTS) is 1. The summed E-state index contributed by atoms with van der Waals surface area (Å²) in [6, 6.07) is 0.161. The minimum atomic E-state index is -0.776. The predicted octanol–water partition coefficient (Wildman–Crippen LogP) is 0.437. The van der Waals surface area contributed by atoms with Gasteiger partial charge in [-0.2, -0.15) is 0 Å². The molecule has 1 amide bonds. The molecule has 0 aromatic heterocycles. The fraction of sp³-hybridized carbons (Fsp3) is 0.833. The molecule has 5 nitrogen and oxygen atoms in total. The smallest absolute Gasteiger partial charge is 0.303 e. The van der Waals surface area contributed by atoms with Crippen molar-refractivity contribution >= 4 is 11.9 Å². The van der Waals surface area contributed by atoms with E-state index < -0.39 is 5.97 Å². The average Bonchev–Trinajstić information content (AvgIpc) is 2.21. The van der Waals surface area contributed by atoms with Gasteiger partial charge < -0.3 is 15.7 Å². The Hall–Kier alpha value is -1.10. The summed E-state index contributed by atoms with van der Waals surface area (Å²) < 4.78 is 0. The second-order valence-electron chi connectivity index (χ2n) is 5.33. The molecular weight excluding hydrogens is 220 g/mol. The van der Waals surface area contributed by atoms with Crippen molar-refractivity contribution in [3.05, 3.63) is 0 Å². The van der Waals surface area contributed by atoms with Gasteiger partial charge in [0.25, 0.3) is 0 Å². The Bertz CT molecular complexity index is 313. The molecule has 0 radical (unpaired) electrons. The first-order valence-corrected chi connectivity index (χ1v) is 6.32. The Morgan fingerprint density at radius 2 is 2.00 bits per heavy atom. The van der Waals surface area contributed by atoms with Crippen molar-refractivity contribution < 1.29 is 14.7 Å². The highest BCUT2D eigenvalue weighted by atomic mass is 16.4. The summed E-state index contributed by atoms with van der Waals surface area (Å²) in [4.78, 5) is 24.4. The van der Waals surface area contributed by atoms with Gasteiger partial charge in [-0.1, -0.05) is 6.42 Å². The molecule has 0 bridgehead atoms. The molecule has 0 aromatic carbocycles. The molecule has 0 spiro atoms. The summed E-state index contributed by atoms with van der Waals surface area (Å²) in [7, 11) is 0. The molecule has 1 saturated heterocycles. The monoisotopic (exact) mass is 240 g/mol. The van der Waals surface area contributed by atoms with Crippen molar-refractivity contribution in [1.29, 1.82) is 0 Å². The highest BCUT2D eigenvalue weighted by molar-refractivity contribution is 5.80. The number of carbonyl (C=O) groups excluding carboxylic acids is 1. The Morgan fingerprint density at radius 3 is 2.59 bits per heavy atom. The third kappa shape index (κ3) is 2.97. The molecular formula is C12H20N2O3. The van der Waals surface area contributed by atoms with E-state index in [4.69, 9.17) is 10.8 Å². The summed E-state index contributed by atoms with van der Waals surface area (Å²) in [5.41, 5.74) is 5.87. The number of likely N-dealkylation sites (tertiary alicyclic amines) is 1. The van der Waals surface area contributed by atoms with E-state index in [9.17, 15) is 9.59 Å². The van der Waals surface area contributed by atoms with Crippen LogP contribution in [0.25, 0.3) is 0 Å². The van der Waals surface area contributed by atoms with Crippen LogP contribution in [0.3, 0.4) is 0 Å². The number of nitrogens with two attached hydrogens (primary N) is 1. The average molecular weight is 240 g/mol. The topological polar surface area (TPSA) is 83.6 Å². The first kappa shape index (κ1) is 12.4. The van der Waals surface area contributed by atoms with Crippen molar-refractivity contribution in [2.75, 3.05) is 13.1 Å². The van der Waals surface area contributed by atoms with Gasteiger partial charge in [0, 0.05) is 31.0 Å². The summed E-state index contributed by atoms with van der Waals surface area (Å²) in [5.74, 6) is -0.373. The number of hydrogen-bond donors (Lipinski definition) is 2. The largest absolute Gasteiger partial charge is 0.481 e. The predicted molar refractivity (Wildman–Crippen MR) is 62.3 cm³/mol. The van der Waals surface area contributed by atoms with Crippen LogP contribution >= 0.6 is 0 Å². The van der Waals surface area contributed by atoms with Gasteiger partial charge >= 0.3 is 5.97 Å². The van der Waals surface area contributed by atoms with Crippen LogP contribution in [0.5, 0.6) is 0 Å². The Labute approximate surface area is 101 Å². The number of carbonyl (C=O) groups is 2. The van der Waals surface area contributed by atoms with Crippen molar-refractivity contribution in [2.24, 2.45) is 17.6 Å². The first-order valence-electron chi connectivity index (χ1n) is 6.32. The second-order valence-corrected chi connectivity index (χ2v) is 5.33. The van der Waals surface area contributed by atoms with Gasteiger partial charge in [0.05, 0.1) is 6.42 Å². The van der Waals surface area contributed by atoms with E-state index in [0.29, 0.717) is 13.1 Å². The third-order valence-electron chi connectivity index (χ3n) is 3.80. The van der Waals surface area contributed by atoms with Gasteiger partial charge in [-0.15, -0.1) is 0 Å². The minimum absolute atomic E-state index is 0.0736. The van der Waals surface area contributed by atoms with Gasteiger partial charge in [-0.25, -0.2) is 0 Å². The van der Waals surface area contributed by atoms with Crippen molar-refractivity contribution in [3.63, 3.8) is 0 Å². The molecule has 1 aliphatic heterocycles. The Morgan fingerprint density at radius 1 is 1.29 bits per heavy atom. The summed E-state index contributed by atoms with van der Waals surface area (Å²) >= 11 is 0. The zero-order valence-corrected chi connectivity index (χ0v) is 9.97. The molecule has 5 heteroatoms. The van der Waals surface area contributed by atoms with Crippen LogP contribution in [0.2, 0.25) is 0 Å². The first-order chi connectivity index (χ1) is 8.06. The van der Waals surface area contributed by atoms with Gasteiger partial charge in [-0.3, -0.25) is 9.59 Å². The van der Waals surface area contributed by atoms with E-state index >= 15 is 0 Å². The maximum Gasteiger partial charge on any atom is 0.303 e. The van der Waals surface area contributed by atoms with Crippen molar-refractivity contribution in [1.82, 2.24) is 4.90 Å². The lowest BCUT2D eigenvalue weighted by Gasteiger charge is -2.41. The Balaban J connectivity index is 1.76. The van der Waals surface area contributed by atoms with E-state index in [0.717, 1.165) is 25.7 Å². The molecule has 17 heavy (non-hydrogen) atoms. The van der Waals surface area contributed by atoms with E-state index in [2.05, 4.69) is 0 Å². The molecule has 1 heterocycles. The number of nitrogens with zero attached hydrogens (tertiary/aromatic N) is 1. The fourth-order valence-electron chi connectivity index (χ4n) is 2.84. The highest BCUT2D eigenvalue weighted by Crippen LogP contribution is 2.28. The van der Waals surface area contributed by atoms with Crippen LogP contribution in [0.1, 0.15) is 32.1 Å². The van der Waals surface area contributed by atoms with Crippen LogP contribution < -0.4 is 5.73 Å². The second kappa shape index (κ2) is 5.04. The van der Waals surface area contributed by atoms with Crippen molar-refractivity contribution in [3.8, 4) is 0 Å². The van der Waals surface area contributed by atoms with Gasteiger partial charge in [0.2, 0.25) is 5.91 Å². The number of carboxylic acids is 1. The quantitative estimate of drug-likeness (QED) is 0.749. The van der Waals surface area contributed by atoms with Crippen LogP contribution in [0.4, 0.5) is 0 Å². The number of rotatable bonds is 3. The normalized spacial score (nSPS) is 29.8. The number of hydrogen-bond acceptors (Lipinski definition) is 3. The maximum atomic E-state index is 12.1. The molecule has 2 atom stereocenters. The molecule has 2 aliphatic rings. The molecule has 2 fully saturated rings. The lowest BCUT2D eigenvalue weighted by Crippen LogP contribution is -2.53. The van der Waals surface area contributed by atoms with Crippen LogP contribution in [-0.4, -0.2) is 41.0 Å². The van der Waals surface area contributed by atoms with Gasteiger partial charge in [0.1, 0.15) is 0 Å². The molecule has 96 valence electrons. The van der Waals surface area contributed by atoms with Crippen LogP contribution in [0.15, 0.2) is 0 Å². The summed E-state index contributed by atoms with van der Waals surface area (Å²) in [6.45, 7) is 1.22. The summed E-state index contributed by atoms with van der Waals surface area (Å²) in [6.07, 6.45) is 3.95. The van der Waals surface area contributed by atoms with E-state index in [1.165, 1.54) is 0 Å². The van der Waals surface area contributed by atoms with Crippen molar-refractivity contribution in [2.45, 2.75) is 38.1 Å². The highest BCUT2D eigenvalue weighted by Gasteiger charge is 2.36. The lowest BCUT2D eigenvalue weighted by molar-refractivity contribution is -0.148. The maximum absolute atomic E-state index is 12.1. The van der Waals surface area contributed by atoms with Crippen LogP contribution in [-0.2, 0) is 9.59 Å². The Kier molecular flexibility index (Phi) is 3.66. The molecule has 3 N–H and O–H groups in total. The number of amides is 1. The SMILES string of the molecule is NC1CCCC(C(=O)N2CC(CC(=O)O)C2)C1. The molecule has 2 unspecified atom stereocenters. The van der Waals surface area contributed by atoms with E-state index in [-0.39, 0.29) is 30.2 Å². The fourth-order valence-corrected chi connectivity index (χ4v) is 2.84. The lowest BCUT2D eigenvalue weighted by atomic mass is 9.84. The van der Waals surface area contributed by atoms with E-state index in [1.54, 1.807) is 4.90 Å². The molecule has 2 rings (SSSR count). The zero-order valence-electron chi connectivity index (χ0n) is 9.97. The van der Waals surface area contributed by atoms with Gasteiger partial charge in [-0.05, 0) is 19.3 Å². The molecule has 1 saturated carbocycles. The molecule has 1 aliphatic carbocycles. The summed E-state index contributed by atoms with van der Waals surface area (Å²) in [5, 5.41) is 8.64. The third-order valence-corrected chi connectivity index (χ3v) is 3.80. The van der Waals surface area contributed by atoms with E-state index in [1.807, 2.05) is 0 Å². The minimum Gasteiger partial charge on any atom is -0.481 e. The zero-order chi connectivity index (χ0) is 12.4. The van der Waals surface area contributed by atoms with Crippen LogP contribution in [0, 0.1) is 11.8 Å². The number of aliphatic carboxylic acids is 1.